The number of hydrogen-bond acceptors (Lipinski definition) is 4. The largest absolute Gasteiger partial charge is 0.323 e. The molecule has 2 fully saturated rings. The molecule has 3 aromatic carbocycles. The van der Waals surface area contributed by atoms with Gasteiger partial charge in [0.15, 0.2) is 5.82 Å². The minimum absolute atomic E-state index is 0.0149. The Morgan fingerprint density at radius 3 is 2.63 bits per heavy atom. The van der Waals surface area contributed by atoms with Crippen LogP contribution < -0.4 is 5.32 Å². The molecule has 4 aromatic rings. The molecule has 1 N–H and O–H groups in total. The van der Waals surface area contributed by atoms with Crippen LogP contribution in [0.4, 0.5) is 10.1 Å². The third kappa shape index (κ3) is 4.79. The molecule has 2 amide bonds. The summed E-state index contributed by atoms with van der Waals surface area (Å²) >= 11 is 0. The van der Waals surface area contributed by atoms with Crippen LogP contribution in [0.2, 0.25) is 0 Å². The Kier molecular flexibility index (Phi) is 6.77. The zero-order valence-electron chi connectivity index (χ0n) is 23.1. The molecule has 0 bridgehead atoms. The highest BCUT2D eigenvalue weighted by atomic mass is 19.1. The minimum atomic E-state index is -0.658. The zero-order chi connectivity index (χ0) is 27.9. The molecular weight excluding hydrogens is 517 g/mol. The predicted octanol–water partition coefficient (Wildman–Crippen LogP) is 6.38. The van der Waals surface area contributed by atoms with Crippen molar-refractivity contribution in [2.45, 2.75) is 76.4 Å². The van der Waals surface area contributed by atoms with Gasteiger partial charge in [0.2, 0.25) is 5.91 Å². The van der Waals surface area contributed by atoms with Crippen molar-refractivity contribution in [1.82, 2.24) is 19.7 Å². The number of aryl methyl sites for hydroxylation is 1. The van der Waals surface area contributed by atoms with Crippen LogP contribution in [-0.4, -0.2) is 43.6 Å². The first-order chi connectivity index (χ1) is 20.1. The summed E-state index contributed by atoms with van der Waals surface area (Å²) in [5.41, 5.74) is 1.39. The molecule has 210 valence electrons. The lowest BCUT2D eigenvalue weighted by molar-refractivity contribution is -0.120. The van der Waals surface area contributed by atoms with Crippen molar-refractivity contribution in [2.75, 3.05) is 5.32 Å². The van der Waals surface area contributed by atoms with Crippen LogP contribution in [0.5, 0.6) is 0 Å². The SMILES string of the molecule is O=C(Nc1cc(-c2nnc3n2CCCCC3)ccc1F)[C@@H]1C[C@@H]2CCCC[C@@H]2N1C(=O)c1ccc2ccccc2c1. The molecule has 3 atom stereocenters. The molecule has 1 saturated heterocycles. The van der Waals surface area contributed by atoms with Gasteiger partial charge < -0.3 is 14.8 Å². The summed E-state index contributed by atoms with van der Waals surface area (Å²) in [5.74, 6) is 0.920. The number of nitrogens with zero attached hydrogens (tertiary/aromatic N) is 4. The van der Waals surface area contributed by atoms with Gasteiger partial charge in [-0.25, -0.2) is 4.39 Å². The van der Waals surface area contributed by atoms with Crippen LogP contribution in [0.15, 0.2) is 60.7 Å². The highest BCUT2D eigenvalue weighted by Crippen LogP contribution is 2.41. The van der Waals surface area contributed by atoms with Crippen LogP contribution in [-0.2, 0) is 17.8 Å². The summed E-state index contributed by atoms with van der Waals surface area (Å²) in [6, 6.07) is 17.7. The number of amides is 2. The van der Waals surface area contributed by atoms with E-state index in [0.717, 1.165) is 74.5 Å². The number of rotatable bonds is 4. The highest BCUT2D eigenvalue weighted by molar-refractivity contribution is 6.03. The standard InChI is InChI=1S/C33H34FN5O2/c34-26-16-15-24(31-37-36-30-12-2-1-7-17-38(30)31)19-27(26)35-32(40)29-20-23-10-5-6-11-28(23)39(29)33(41)25-14-13-21-8-3-4-9-22(21)18-25/h3-4,8-9,13-16,18-19,23,28-29H,1-2,5-7,10-12,17,20H2,(H,35,40)/t23-,28-,29-/m0/s1. The van der Waals surface area contributed by atoms with E-state index < -0.39 is 11.9 Å². The summed E-state index contributed by atoms with van der Waals surface area (Å²) in [6.07, 6.45) is 8.77. The summed E-state index contributed by atoms with van der Waals surface area (Å²) in [7, 11) is 0. The lowest BCUT2D eigenvalue weighted by Gasteiger charge is -2.33. The van der Waals surface area contributed by atoms with E-state index >= 15 is 4.39 Å². The van der Waals surface area contributed by atoms with E-state index in [4.69, 9.17) is 0 Å². The minimum Gasteiger partial charge on any atom is -0.323 e. The number of carbonyl (C=O) groups excluding carboxylic acids is 2. The Morgan fingerprint density at radius 1 is 0.878 bits per heavy atom. The van der Waals surface area contributed by atoms with Gasteiger partial charge in [-0.1, -0.05) is 49.6 Å². The Labute approximate surface area is 238 Å². The smallest absolute Gasteiger partial charge is 0.254 e. The van der Waals surface area contributed by atoms with Gasteiger partial charge in [0.25, 0.3) is 5.91 Å². The number of carbonyl (C=O) groups is 2. The van der Waals surface area contributed by atoms with Crippen LogP contribution >= 0.6 is 0 Å². The van der Waals surface area contributed by atoms with Crippen molar-refractivity contribution < 1.29 is 14.0 Å². The summed E-state index contributed by atoms with van der Waals surface area (Å²) in [6.45, 7) is 0.827. The number of likely N-dealkylation sites (tertiary alicyclic amines) is 1. The Morgan fingerprint density at radius 2 is 1.73 bits per heavy atom. The van der Waals surface area contributed by atoms with Crippen molar-refractivity contribution >= 4 is 28.3 Å². The maximum atomic E-state index is 15.1. The second-order valence-corrected chi connectivity index (χ2v) is 11.7. The first kappa shape index (κ1) is 25.9. The maximum absolute atomic E-state index is 15.1. The van der Waals surface area contributed by atoms with Crippen molar-refractivity contribution in [3.8, 4) is 11.4 Å². The fraction of sp³-hybridized carbons (Fsp3) is 0.394. The number of aromatic nitrogens is 3. The molecule has 3 aliphatic rings. The fourth-order valence-corrected chi connectivity index (χ4v) is 7.13. The summed E-state index contributed by atoms with van der Waals surface area (Å²) in [5, 5.41) is 13.7. The number of nitrogens with one attached hydrogen (secondary N) is 1. The molecule has 0 spiro atoms. The Hall–Kier alpha value is -4.07. The molecule has 1 aliphatic carbocycles. The van der Waals surface area contributed by atoms with E-state index in [1.165, 1.54) is 6.07 Å². The van der Waals surface area contributed by atoms with Gasteiger partial charge in [-0.2, -0.15) is 0 Å². The molecule has 7 rings (SSSR count). The molecular formula is C33H34FN5O2. The van der Waals surface area contributed by atoms with Gasteiger partial charge in [-0.15, -0.1) is 10.2 Å². The van der Waals surface area contributed by atoms with Gasteiger partial charge in [-0.3, -0.25) is 9.59 Å². The number of benzene rings is 3. The van der Waals surface area contributed by atoms with Crippen molar-refractivity contribution in [1.29, 1.82) is 0 Å². The molecule has 7 nitrogen and oxygen atoms in total. The summed E-state index contributed by atoms with van der Waals surface area (Å²) < 4.78 is 17.2. The molecule has 41 heavy (non-hydrogen) atoms. The Bertz CT molecular complexity index is 1630. The monoisotopic (exact) mass is 551 g/mol. The number of anilines is 1. The van der Waals surface area contributed by atoms with Crippen LogP contribution in [0.3, 0.4) is 0 Å². The highest BCUT2D eigenvalue weighted by Gasteiger charge is 2.47. The van der Waals surface area contributed by atoms with Gasteiger partial charge in [0.05, 0.1) is 5.69 Å². The van der Waals surface area contributed by atoms with Gasteiger partial charge in [0.1, 0.15) is 17.7 Å². The second kappa shape index (κ2) is 10.7. The predicted molar refractivity (Wildman–Crippen MR) is 156 cm³/mol. The lowest BCUT2D eigenvalue weighted by atomic mass is 9.84. The number of fused-ring (bicyclic) bond motifs is 3. The number of hydrogen-bond donors (Lipinski definition) is 1. The van der Waals surface area contributed by atoms with E-state index in [-0.39, 0.29) is 29.5 Å². The number of halogens is 1. The molecule has 0 unspecified atom stereocenters. The molecule has 3 heterocycles. The van der Waals surface area contributed by atoms with E-state index in [1.807, 2.05) is 42.5 Å². The molecule has 8 heteroatoms. The van der Waals surface area contributed by atoms with Gasteiger partial charge in [-0.05, 0) is 79.1 Å². The third-order valence-corrected chi connectivity index (χ3v) is 9.21. The van der Waals surface area contributed by atoms with Crippen LogP contribution in [0, 0.1) is 11.7 Å². The van der Waals surface area contributed by atoms with E-state index in [0.29, 0.717) is 23.4 Å². The van der Waals surface area contributed by atoms with E-state index in [9.17, 15) is 9.59 Å². The molecule has 2 aliphatic heterocycles. The van der Waals surface area contributed by atoms with Crippen LogP contribution in [0.25, 0.3) is 22.2 Å². The summed E-state index contributed by atoms with van der Waals surface area (Å²) in [4.78, 5) is 29.6. The van der Waals surface area contributed by atoms with Gasteiger partial charge >= 0.3 is 0 Å². The van der Waals surface area contributed by atoms with Gasteiger partial charge in [0, 0.05) is 30.1 Å². The lowest BCUT2D eigenvalue weighted by Crippen LogP contribution is -2.47. The van der Waals surface area contributed by atoms with Crippen molar-refractivity contribution in [3.63, 3.8) is 0 Å². The molecule has 1 aromatic heterocycles. The normalized spacial score (nSPS) is 22.2. The van der Waals surface area contributed by atoms with E-state index in [1.54, 1.807) is 17.0 Å². The first-order valence-electron chi connectivity index (χ1n) is 14.9. The average Bonchev–Trinajstić information content (AvgIpc) is 3.51. The zero-order valence-corrected chi connectivity index (χ0v) is 23.1. The van der Waals surface area contributed by atoms with E-state index in [2.05, 4.69) is 20.1 Å². The Balaban J connectivity index is 1.18. The molecule has 1 saturated carbocycles. The second-order valence-electron chi connectivity index (χ2n) is 11.7. The third-order valence-electron chi connectivity index (χ3n) is 9.21. The molecule has 0 radical (unpaired) electrons. The first-order valence-corrected chi connectivity index (χ1v) is 14.9. The quantitative estimate of drug-likeness (QED) is 0.319. The fourth-order valence-electron chi connectivity index (χ4n) is 7.13. The van der Waals surface area contributed by atoms with Crippen LogP contribution in [0.1, 0.15) is 67.5 Å². The maximum Gasteiger partial charge on any atom is 0.254 e. The van der Waals surface area contributed by atoms with Crippen molar-refractivity contribution in [3.05, 3.63) is 77.9 Å². The van der Waals surface area contributed by atoms with Crippen molar-refractivity contribution in [2.24, 2.45) is 5.92 Å². The topological polar surface area (TPSA) is 80.1 Å². The average molecular weight is 552 g/mol.